The van der Waals surface area contributed by atoms with Crippen LogP contribution < -0.4 is 5.32 Å². The first-order chi connectivity index (χ1) is 29.8. The number of nitrogens with zero attached hydrogens (tertiary/aromatic N) is 3. The molecule has 0 saturated heterocycles. The van der Waals surface area contributed by atoms with Gasteiger partial charge in [-0.05, 0) is 117 Å². The summed E-state index contributed by atoms with van der Waals surface area (Å²) in [5.41, 5.74) is 16.3. The molecule has 1 unspecified atom stereocenters. The van der Waals surface area contributed by atoms with E-state index in [1.807, 2.05) is 6.92 Å². The van der Waals surface area contributed by atoms with Gasteiger partial charge in [-0.3, -0.25) is 15.0 Å². The molecule has 7 heterocycles. The number of fused-ring (bicyclic) bond motifs is 6. The first-order valence-electron chi connectivity index (χ1n) is 22.0. The third-order valence-corrected chi connectivity index (χ3v) is 14.7. The van der Waals surface area contributed by atoms with Gasteiger partial charge in [-0.15, -0.1) is 0 Å². The fourth-order valence-electron chi connectivity index (χ4n) is 10.0. The number of allylic oxidation sites excluding steroid dienone is 5. The second kappa shape index (κ2) is 15.6. The molecule has 4 aromatic rings. The van der Waals surface area contributed by atoms with Crippen LogP contribution in [0.5, 0.6) is 0 Å². The molecule has 63 heavy (non-hydrogen) atoms. The normalized spacial score (nSPS) is 25.6. The highest BCUT2D eigenvalue weighted by Crippen LogP contribution is 2.48. The number of aliphatic imine (C=N–C) groups is 3. The molecule has 0 spiro atoms. The average molecular weight is 969 g/mol. The van der Waals surface area contributed by atoms with Gasteiger partial charge in [0.2, 0.25) is 0 Å². The lowest BCUT2D eigenvalue weighted by molar-refractivity contribution is -0.148. The molecule has 2 aromatic heterocycles. The van der Waals surface area contributed by atoms with Gasteiger partial charge in [0.15, 0.2) is 5.54 Å². The van der Waals surface area contributed by atoms with Crippen LogP contribution in [0.4, 0.5) is 0 Å². The first-order valence-corrected chi connectivity index (χ1v) is 23.6. The number of rotatable bonds is 6. The van der Waals surface area contributed by atoms with Gasteiger partial charge in [0.25, 0.3) is 0 Å². The van der Waals surface area contributed by atoms with E-state index in [-0.39, 0.29) is 28.8 Å². The number of carbonyl (C=O) groups excluding carboxylic acids is 1. The van der Waals surface area contributed by atoms with E-state index < -0.39 is 5.54 Å². The molecule has 8 nitrogen and oxygen atoms in total. The van der Waals surface area contributed by atoms with Crippen molar-refractivity contribution < 1.29 is 9.53 Å². The maximum absolute atomic E-state index is 14.2. The second-order valence-corrected chi connectivity index (χ2v) is 21.7. The van der Waals surface area contributed by atoms with Gasteiger partial charge < -0.3 is 20.0 Å². The number of halogens is 2. The van der Waals surface area contributed by atoms with Gasteiger partial charge in [0.1, 0.15) is 0 Å². The minimum Gasteiger partial charge on any atom is -0.464 e. The summed E-state index contributed by atoms with van der Waals surface area (Å²) in [7, 11) is 0. The summed E-state index contributed by atoms with van der Waals surface area (Å²) in [6, 6.07) is 21.6. The Morgan fingerprint density at radius 3 is 2.02 bits per heavy atom. The molecule has 0 fully saturated rings. The third kappa shape index (κ3) is 7.75. The third-order valence-electron chi connectivity index (χ3n) is 13.6. The van der Waals surface area contributed by atoms with Crippen molar-refractivity contribution in [3.8, 4) is 22.3 Å². The van der Waals surface area contributed by atoms with Crippen LogP contribution in [0.1, 0.15) is 118 Å². The highest BCUT2D eigenvalue weighted by molar-refractivity contribution is 9.10. The molecule has 0 aliphatic carbocycles. The van der Waals surface area contributed by atoms with E-state index in [0.717, 1.165) is 117 Å². The predicted octanol–water partition coefficient (Wildman–Crippen LogP) is 13.8. The van der Waals surface area contributed by atoms with E-state index >= 15 is 0 Å². The summed E-state index contributed by atoms with van der Waals surface area (Å²) in [5, 5.41) is 3.74. The molecule has 5 aliphatic heterocycles. The quantitative estimate of drug-likeness (QED) is 0.168. The lowest BCUT2D eigenvalue weighted by Crippen LogP contribution is -2.51. The van der Waals surface area contributed by atoms with Crippen LogP contribution in [0.25, 0.3) is 40.0 Å². The number of carbonyl (C=O) groups is 1. The van der Waals surface area contributed by atoms with E-state index in [4.69, 9.17) is 19.7 Å². The van der Waals surface area contributed by atoms with Crippen LogP contribution in [0.15, 0.2) is 125 Å². The van der Waals surface area contributed by atoms with Gasteiger partial charge >= 0.3 is 5.97 Å². The molecule has 8 bridgehead atoms. The number of aromatic nitrogens is 2. The Bertz CT molecular complexity index is 2850. The minimum atomic E-state index is -1.09. The van der Waals surface area contributed by atoms with Crippen molar-refractivity contribution >= 4 is 72.7 Å². The van der Waals surface area contributed by atoms with Crippen molar-refractivity contribution in [1.29, 1.82) is 0 Å². The van der Waals surface area contributed by atoms with E-state index in [0.29, 0.717) is 19.3 Å². The lowest BCUT2D eigenvalue weighted by Gasteiger charge is -2.30. The maximum atomic E-state index is 14.2. The van der Waals surface area contributed by atoms with Crippen LogP contribution >= 0.6 is 31.9 Å². The Morgan fingerprint density at radius 1 is 0.746 bits per heavy atom. The standard InChI is InChI=1S/C53H56Br2N6O2/c1-11-63-49(62)53-27-36-26-51(7,8)46(57-36)24-41-38(33-14-18-35(55)19-15-33)21-43(59-41)48(44-28-52(9,10)47(60-44)22-39(61-53)30(3)31(53)4)42-20-37(32-12-16-34(54)17-13-32)40(58-42)23-45-50(5,6)25-29(2)56-45/h12-24,58-59,61H,11,25-28H2,1-10H3/b39-22-,45-23-,46-24-,48-44-. The smallest absolute Gasteiger partial charge is 0.336 e. The second-order valence-electron chi connectivity index (χ2n) is 19.9. The first kappa shape index (κ1) is 43.2. The number of nitrogens with one attached hydrogen (secondary N) is 3. The largest absolute Gasteiger partial charge is 0.464 e. The zero-order valence-electron chi connectivity index (χ0n) is 38.0. The summed E-state index contributed by atoms with van der Waals surface area (Å²) in [5.74, 6) is -0.285. The number of benzene rings is 2. The Morgan fingerprint density at radius 2 is 1.38 bits per heavy atom. The molecular weight excluding hydrogens is 912 g/mol. The average Bonchev–Trinajstić information content (AvgIpc) is 4.03. The van der Waals surface area contributed by atoms with E-state index in [2.05, 4.69) is 188 Å². The number of hydrogen-bond donors (Lipinski definition) is 3. The topological polar surface area (TPSA) is 107 Å². The number of ether oxygens (including phenoxy) is 1. The molecule has 2 aromatic carbocycles. The van der Waals surface area contributed by atoms with Crippen LogP contribution in [0.2, 0.25) is 0 Å². The van der Waals surface area contributed by atoms with Gasteiger partial charge in [0.05, 0.1) is 23.7 Å². The Balaban J connectivity index is 1.35. The van der Waals surface area contributed by atoms with Crippen LogP contribution in [0, 0.1) is 16.2 Å². The van der Waals surface area contributed by atoms with Crippen molar-refractivity contribution in [3.05, 3.63) is 132 Å². The number of hydrogen-bond acceptors (Lipinski definition) is 6. The molecular formula is C53H56Br2N6O2. The fourth-order valence-corrected chi connectivity index (χ4v) is 10.5. The SMILES string of the molecule is CCOC(=O)C12CC3=N/C(=C\c4[nH]c(cc4-c4ccc(Br)cc4)/C(c4cc(-c5ccc(Br)cc5)c(/C=C5\N=C(C)CC5(C)C)[nH]4)=C4/CC(C)(C)C(=N4)/C=C(\N1)C(C)=C2C)C(C)(C)C3. The summed E-state index contributed by atoms with van der Waals surface area (Å²) in [6.45, 7) is 22.0. The van der Waals surface area contributed by atoms with Crippen LogP contribution in [0.3, 0.4) is 0 Å². The molecule has 5 aliphatic rings. The fraction of sp³-hybridized carbons (Fsp3) is 0.358. The summed E-state index contributed by atoms with van der Waals surface area (Å²) in [6.07, 6.45) is 9.35. The monoisotopic (exact) mass is 966 g/mol. The highest BCUT2D eigenvalue weighted by atomic mass is 79.9. The molecule has 9 rings (SSSR count). The Labute approximate surface area is 388 Å². The Hall–Kier alpha value is -5.06. The van der Waals surface area contributed by atoms with Gasteiger partial charge in [0, 0.05) is 100 Å². The molecule has 324 valence electrons. The zero-order valence-corrected chi connectivity index (χ0v) is 41.1. The van der Waals surface area contributed by atoms with Crippen molar-refractivity contribution in [2.75, 3.05) is 6.61 Å². The summed E-state index contributed by atoms with van der Waals surface area (Å²) < 4.78 is 7.90. The van der Waals surface area contributed by atoms with E-state index in [9.17, 15) is 4.79 Å². The summed E-state index contributed by atoms with van der Waals surface area (Å²) >= 11 is 7.34. The highest BCUT2D eigenvalue weighted by Gasteiger charge is 2.50. The van der Waals surface area contributed by atoms with Crippen molar-refractivity contribution in [2.24, 2.45) is 31.2 Å². The van der Waals surface area contributed by atoms with Crippen molar-refractivity contribution in [1.82, 2.24) is 15.3 Å². The van der Waals surface area contributed by atoms with E-state index in [1.165, 1.54) is 0 Å². The molecule has 0 saturated carbocycles. The van der Waals surface area contributed by atoms with Gasteiger partial charge in [-0.25, -0.2) is 4.79 Å². The molecule has 1 atom stereocenters. The molecule has 0 amide bonds. The lowest BCUT2D eigenvalue weighted by atomic mass is 9.81. The number of aromatic amines is 2. The predicted molar refractivity (Wildman–Crippen MR) is 267 cm³/mol. The van der Waals surface area contributed by atoms with Crippen LogP contribution in [-0.4, -0.2) is 45.2 Å². The molecule has 3 N–H and O–H groups in total. The maximum Gasteiger partial charge on any atom is 0.336 e. The van der Waals surface area contributed by atoms with Crippen molar-refractivity contribution in [3.63, 3.8) is 0 Å². The molecule has 10 heteroatoms. The molecule has 0 radical (unpaired) electrons. The van der Waals surface area contributed by atoms with Crippen LogP contribution in [-0.2, 0) is 9.53 Å². The van der Waals surface area contributed by atoms with Gasteiger partial charge in [-0.1, -0.05) is 97.7 Å². The number of esters is 1. The Kier molecular flexibility index (Phi) is 10.7. The van der Waals surface area contributed by atoms with Gasteiger partial charge in [-0.2, -0.15) is 0 Å². The summed E-state index contributed by atoms with van der Waals surface area (Å²) in [4.78, 5) is 38.2. The van der Waals surface area contributed by atoms with Crippen molar-refractivity contribution in [2.45, 2.75) is 100 Å². The van der Waals surface area contributed by atoms with E-state index in [1.54, 1.807) is 0 Å². The zero-order chi connectivity index (χ0) is 44.8. The number of H-pyrrole nitrogens is 2. The minimum absolute atomic E-state index is 0.0970.